The molecular weight excluding hydrogens is 269 g/mol. The molecule has 1 nitrogen and oxygen atoms in total. The molecule has 0 spiro atoms. The van der Waals surface area contributed by atoms with E-state index in [1.54, 1.807) is 0 Å². The number of halogens is 2. The molecule has 16 heavy (non-hydrogen) atoms. The summed E-state index contributed by atoms with van der Waals surface area (Å²) in [6.07, 6.45) is 1.93. The zero-order valence-corrected chi connectivity index (χ0v) is 10.8. The van der Waals surface area contributed by atoms with Crippen LogP contribution in [0.15, 0.2) is 28.7 Å². The van der Waals surface area contributed by atoms with Crippen molar-refractivity contribution in [3.05, 3.63) is 34.3 Å². The minimum atomic E-state index is -0.720. The van der Waals surface area contributed by atoms with E-state index in [1.807, 2.05) is 24.3 Å². The topological polar surface area (TPSA) is 12.0 Å². The molecular formula is C13H17BrFN. The Morgan fingerprint density at radius 3 is 3.06 bits per heavy atom. The third kappa shape index (κ3) is 3.29. The highest BCUT2D eigenvalue weighted by atomic mass is 79.9. The van der Waals surface area contributed by atoms with Gasteiger partial charge in [0.25, 0.3) is 0 Å². The summed E-state index contributed by atoms with van der Waals surface area (Å²) < 4.78 is 15.1. The predicted molar refractivity (Wildman–Crippen MR) is 68.3 cm³/mol. The molecule has 0 bridgehead atoms. The van der Waals surface area contributed by atoms with Gasteiger partial charge in [-0.25, -0.2) is 4.39 Å². The molecule has 1 aromatic carbocycles. The SMILES string of the molecule is FC(Cc1cccc(Br)c1)C1CCCNC1. The Balaban J connectivity index is 1.93. The van der Waals surface area contributed by atoms with Crippen LogP contribution in [0.2, 0.25) is 0 Å². The van der Waals surface area contributed by atoms with Crippen LogP contribution in [-0.4, -0.2) is 19.3 Å². The molecule has 1 saturated heterocycles. The second kappa shape index (κ2) is 5.78. The van der Waals surface area contributed by atoms with Crippen molar-refractivity contribution in [2.24, 2.45) is 5.92 Å². The van der Waals surface area contributed by atoms with Gasteiger partial charge in [0, 0.05) is 23.4 Å². The molecule has 2 rings (SSSR count). The molecule has 0 amide bonds. The average molecular weight is 286 g/mol. The van der Waals surface area contributed by atoms with Crippen LogP contribution in [0, 0.1) is 5.92 Å². The zero-order valence-electron chi connectivity index (χ0n) is 9.26. The van der Waals surface area contributed by atoms with Crippen LogP contribution in [0.5, 0.6) is 0 Å². The second-order valence-electron chi connectivity index (χ2n) is 4.46. The third-order valence-electron chi connectivity index (χ3n) is 3.17. The van der Waals surface area contributed by atoms with E-state index in [-0.39, 0.29) is 5.92 Å². The van der Waals surface area contributed by atoms with E-state index in [1.165, 1.54) is 0 Å². The average Bonchev–Trinajstić information content (AvgIpc) is 2.30. The molecule has 0 saturated carbocycles. The summed E-state index contributed by atoms with van der Waals surface area (Å²) in [6.45, 7) is 1.87. The maximum absolute atomic E-state index is 14.1. The van der Waals surface area contributed by atoms with Crippen molar-refractivity contribution >= 4 is 15.9 Å². The number of hydrogen-bond donors (Lipinski definition) is 1. The maximum Gasteiger partial charge on any atom is 0.108 e. The third-order valence-corrected chi connectivity index (χ3v) is 3.66. The number of benzene rings is 1. The molecule has 1 N–H and O–H groups in total. The van der Waals surface area contributed by atoms with Gasteiger partial charge in [-0.2, -0.15) is 0 Å². The summed E-state index contributed by atoms with van der Waals surface area (Å²) in [6, 6.07) is 7.93. The molecule has 88 valence electrons. The van der Waals surface area contributed by atoms with E-state index in [2.05, 4.69) is 21.2 Å². The number of rotatable bonds is 3. The summed E-state index contributed by atoms with van der Waals surface area (Å²) in [4.78, 5) is 0. The lowest BCUT2D eigenvalue weighted by Gasteiger charge is -2.25. The molecule has 1 aromatic rings. The van der Waals surface area contributed by atoms with Crippen molar-refractivity contribution in [2.45, 2.75) is 25.4 Å². The first kappa shape index (κ1) is 12.1. The first-order valence-electron chi connectivity index (χ1n) is 5.85. The van der Waals surface area contributed by atoms with Gasteiger partial charge in [-0.15, -0.1) is 0 Å². The van der Waals surface area contributed by atoms with Gasteiger partial charge in [0.2, 0.25) is 0 Å². The summed E-state index contributed by atoms with van der Waals surface area (Å²) in [5.74, 6) is 0.188. The van der Waals surface area contributed by atoms with Crippen LogP contribution in [0.4, 0.5) is 4.39 Å². The minimum absolute atomic E-state index is 0.188. The van der Waals surface area contributed by atoms with E-state index in [9.17, 15) is 4.39 Å². The van der Waals surface area contributed by atoms with E-state index in [4.69, 9.17) is 0 Å². The van der Waals surface area contributed by atoms with E-state index in [0.29, 0.717) is 6.42 Å². The van der Waals surface area contributed by atoms with Crippen molar-refractivity contribution in [1.82, 2.24) is 5.32 Å². The summed E-state index contributed by atoms with van der Waals surface area (Å²) >= 11 is 3.41. The normalized spacial score (nSPS) is 23.0. The van der Waals surface area contributed by atoms with Crippen LogP contribution < -0.4 is 5.32 Å². The summed E-state index contributed by atoms with van der Waals surface area (Å²) in [5.41, 5.74) is 1.08. The van der Waals surface area contributed by atoms with Gasteiger partial charge in [-0.1, -0.05) is 28.1 Å². The van der Waals surface area contributed by atoms with Gasteiger partial charge >= 0.3 is 0 Å². The fourth-order valence-electron chi connectivity index (χ4n) is 2.24. The van der Waals surface area contributed by atoms with Gasteiger partial charge < -0.3 is 5.32 Å². The van der Waals surface area contributed by atoms with Gasteiger partial charge in [0.05, 0.1) is 0 Å². The molecule has 1 fully saturated rings. The molecule has 0 radical (unpaired) electrons. The quantitative estimate of drug-likeness (QED) is 0.898. The van der Waals surface area contributed by atoms with Crippen molar-refractivity contribution in [1.29, 1.82) is 0 Å². The maximum atomic E-state index is 14.1. The number of nitrogens with one attached hydrogen (secondary N) is 1. The molecule has 1 heterocycles. The standard InChI is InChI=1S/C13H17BrFN/c14-12-5-1-3-10(7-12)8-13(15)11-4-2-6-16-9-11/h1,3,5,7,11,13,16H,2,4,6,8-9H2. The molecule has 0 aromatic heterocycles. The van der Waals surface area contributed by atoms with Crippen LogP contribution in [0.3, 0.4) is 0 Å². The van der Waals surface area contributed by atoms with Crippen molar-refractivity contribution in [2.75, 3.05) is 13.1 Å². The van der Waals surface area contributed by atoms with E-state index >= 15 is 0 Å². The second-order valence-corrected chi connectivity index (χ2v) is 5.37. The largest absolute Gasteiger partial charge is 0.316 e. The Morgan fingerprint density at radius 2 is 2.38 bits per heavy atom. The highest BCUT2D eigenvalue weighted by Gasteiger charge is 2.23. The first-order chi connectivity index (χ1) is 7.75. The molecule has 3 heteroatoms. The molecule has 1 aliphatic heterocycles. The number of piperidine rings is 1. The van der Waals surface area contributed by atoms with E-state index < -0.39 is 6.17 Å². The van der Waals surface area contributed by atoms with Crippen molar-refractivity contribution in [3.8, 4) is 0 Å². The van der Waals surface area contributed by atoms with Gasteiger partial charge in [-0.05, 0) is 37.1 Å². The highest BCUT2D eigenvalue weighted by molar-refractivity contribution is 9.10. The van der Waals surface area contributed by atoms with Gasteiger partial charge in [0.1, 0.15) is 6.17 Å². The van der Waals surface area contributed by atoms with Crippen molar-refractivity contribution in [3.63, 3.8) is 0 Å². The fraction of sp³-hybridized carbons (Fsp3) is 0.538. The first-order valence-corrected chi connectivity index (χ1v) is 6.64. The molecule has 2 atom stereocenters. The van der Waals surface area contributed by atoms with Crippen molar-refractivity contribution < 1.29 is 4.39 Å². The summed E-state index contributed by atoms with van der Waals surface area (Å²) in [5, 5.41) is 3.26. The predicted octanol–water partition coefficient (Wildman–Crippen LogP) is 3.33. The Labute approximate surface area is 105 Å². The fourth-order valence-corrected chi connectivity index (χ4v) is 2.69. The van der Waals surface area contributed by atoms with Crippen LogP contribution >= 0.6 is 15.9 Å². The number of alkyl halides is 1. The molecule has 0 aliphatic carbocycles. The molecule has 1 aliphatic rings. The van der Waals surface area contributed by atoms with Crippen LogP contribution in [0.1, 0.15) is 18.4 Å². The zero-order chi connectivity index (χ0) is 11.4. The number of hydrogen-bond acceptors (Lipinski definition) is 1. The van der Waals surface area contributed by atoms with Crippen LogP contribution in [-0.2, 0) is 6.42 Å². The smallest absolute Gasteiger partial charge is 0.108 e. The monoisotopic (exact) mass is 285 g/mol. The Kier molecular flexibility index (Phi) is 4.36. The lowest BCUT2D eigenvalue weighted by atomic mass is 9.91. The lowest BCUT2D eigenvalue weighted by molar-refractivity contribution is 0.191. The highest BCUT2D eigenvalue weighted by Crippen LogP contribution is 2.22. The Bertz CT molecular complexity index is 336. The van der Waals surface area contributed by atoms with Gasteiger partial charge in [-0.3, -0.25) is 0 Å². The molecule has 2 unspecified atom stereocenters. The van der Waals surface area contributed by atoms with E-state index in [0.717, 1.165) is 36.0 Å². The van der Waals surface area contributed by atoms with Crippen LogP contribution in [0.25, 0.3) is 0 Å². The lowest BCUT2D eigenvalue weighted by Crippen LogP contribution is -2.35. The Hall–Kier alpha value is -0.410. The Morgan fingerprint density at radius 1 is 1.50 bits per heavy atom. The van der Waals surface area contributed by atoms with Gasteiger partial charge in [0.15, 0.2) is 0 Å². The summed E-state index contributed by atoms with van der Waals surface area (Å²) in [7, 11) is 0. The minimum Gasteiger partial charge on any atom is -0.316 e.